The molecule has 3 aromatic rings. The molecule has 2 N–H and O–H groups in total. The highest BCUT2D eigenvalue weighted by molar-refractivity contribution is 7.86. The standard InChI is InChI=1S/C31H30N2O7S2/c34-41(35)40-20-9-10-21(26(17-20)42(36,37)38)27-24-15-18-5-1-11-32-13-3-7-22(28(18)32)30(24)39-31-23-8-4-14-33-12-2-6-19(29(23)33)16-25(27)31/h9-10,15-17H,1-8,11-14H2,(H-,34,35,36,37,38)/p+1. The molecule has 0 amide bonds. The van der Waals surface area contributed by atoms with Crippen LogP contribution in [-0.4, -0.2) is 47.9 Å². The van der Waals surface area contributed by atoms with Crippen LogP contribution in [0.4, 0.5) is 5.69 Å². The average molecular weight is 608 g/mol. The number of ether oxygens (including phenoxy) is 1. The maximum atomic E-state index is 12.9. The molecular weight excluding hydrogens is 576 g/mol. The number of anilines is 1. The molecule has 3 aromatic carbocycles. The third kappa shape index (κ3) is 4.05. The first-order valence-electron chi connectivity index (χ1n) is 14.6. The van der Waals surface area contributed by atoms with E-state index in [4.69, 9.17) is 8.92 Å². The Labute approximate surface area is 246 Å². The topological polar surface area (TPSA) is 116 Å². The average Bonchev–Trinajstić information content (AvgIpc) is 2.96. The predicted molar refractivity (Wildman–Crippen MR) is 158 cm³/mol. The number of hydrogen-bond donors (Lipinski definition) is 2. The zero-order valence-electron chi connectivity index (χ0n) is 23.0. The number of rotatable bonds is 4. The smallest absolute Gasteiger partial charge is 0.357 e. The molecule has 0 saturated heterocycles. The molecule has 0 bridgehead atoms. The van der Waals surface area contributed by atoms with Gasteiger partial charge in [0.2, 0.25) is 5.36 Å². The highest BCUT2D eigenvalue weighted by Crippen LogP contribution is 2.49. The molecular formula is C31H31N2O7S2+. The summed E-state index contributed by atoms with van der Waals surface area (Å²) < 4.78 is 71.2. The Hall–Kier alpha value is -3.25. The summed E-state index contributed by atoms with van der Waals surface area (Å²) in [5.41, 5.74) is 7.87. The van der Waals surface area contributed by atoms with E-state index in [1.807, 2.05) is 0 Å². The van der Waals surface area contributed by atoms with E-state index in [9.17, 15) is 21.7 Å². The van der Waals surface area contributed by atoms with Crippen LogP contribution < -0.4 is 29.0 Å². The molecule has 0 aliphatic carbocycles. The first kappa shape index (κ1) is 26.4. The van der Waals surface area contributed by atoms with Gasteiger partial charge in [-0.25, -0.2) is 4.58 Å². The third-order valence-electron chi connectivity index (χ3n) is 9.36. The zero-order chi connectivity index (χ0) is 28.7. The lowest BCUT2D eigenvalue weighted by atomic mass is 9.82. The fraction of sp³-hybridized carbons (Fsp3) is 0.387. The van der Waals surface area contributed by atoms with E-state index in [0.29, 0.717) is 11.1 Å². The van der Waals surface area contributed by atoms with Crippen LogP contribution >= 0.6 is 0 Å². The molecule has 5 aliphatic heterocycles. The first-order chi connectivity index (χ1) is 20.3. The van der Waals surface area contributed by atoms with E-state index in [-0.39, 0.29) is 10.6 Å². The predicted octanol–water partition coefficient (Wildman–Crippen LogP) is 2.88. The number of fused-ring (bicyclic) bond motifs is 4. The van der Waals surface area contributed by atoms with Crippen LogP contribution in [0.25, 0.3) is 5.57 Å². The summed E-state index contributed by atoms with van der Waals surface area (Å²) >= 11 is -2.65. The fourth-order valence-corrected chi connectivity index (χ4v) is 8.84. The summed E-state index contributed by atoms with van der Waals surface area (Å²) in [5.74, 6) is 1.41. The minimum atomic E-state index is -4.75. The van der Waals surface area contributed by atoms with E-state index < -0.39 is 21.5 Å². The van der Waals surface area contributed by atoms with Gasteiger partial charge in [-0.3, -0.25) is 9.11 Å². The Balaban J connectivity index is 1.52. The van der Waals surface area contributed by atoms with Crippen LogP contribution in [-0.2, 0) is 47.2 Å². The quantitative estimate of drug-likeness (QED) is 0.207. The van der Waals surface area contributed by atoms with Crippen molar-refractivity contribution >= 4 is 32.7 Å². The molecule has 1 unspecified atom stereocenters. The highest BCUT2D eigenvalue weighted by atomic mass is 32.2. The van der Waals surface area contributed by atoms with Crippen molar-refractivity contribution in [3.63, 3.8) is 0 Å². The molecule has 5 heterocycles. The van der Waals surface area contributed by atoms with E-state index in [2.05, 4.69) is 21.6 Å². The van der Waals surface area contributed by atoms with Crippen molar-refractivity contribution < 1.29 is 30.7 Å². The van der Waals surface area contributed by atoms with Gasteiger partial charge in [-0.1, -0.05) is 0 Å². The molecule has 218 valence electrons. The minimum Gasteiger partial charge on any atom is -0.455 e. The molecule has 8 rings (SSSR count). The monoisotopic (exact) mass is 607 g/mol. The van der Waals surface area contributed by atoms with E-state index in [1.54, 1.807) is 6.07 Å². The number of hydrogen-bond acceptors (Lipinski definition) is 6. The van der Waals surface area contributed by atoms with E-state index >= 15 is 0 Å². The van der Waals surface area contributed by atoms with Gasteiger partial charge in [-0.15, -0.1) is 0 Å². The largest absolute Gasteiger partial charge is 0.455 e. The van der Waals surface area contributed by atoms with Crippen molar-refractivity contribution in [2.75, 3.05) is 31.1 Å². The summed E-state index contributed by atoms with van der Waals surface area (Å²) in [4.78, 5) is 2.08. The lowest BCUT2D eigenvalue weighted by Crippen LogP contribution is -2.45. The van der Waals surface area contributed by atoms with Crippen LogP contribution in [0, 0.1) is 0 Å². The summed E-state index contributed by atoms with van der Waals surface area (Å²) in [7, 11) is -4.75. The van der Waals surface area contributed by atoms with Crippen LogP contribution in [0.2, 0.25) is 0 Å². The molecule has 5 aliphatic rings. The summed E-state index contributed by atoms with van der Waals surface area (Å²) in [6.07, 6.45) is 7.72. The molecule has 9 nitrogen and oxygen atoms in total. The second-order valence-corrected chi connectivity index (χ2v) is 13.8. The van der Waals surface area contributed by atoms with Gasteiger partial charge in [0.05, 0.1) is 5.56 Å². The van der Waals surface area contributed by atoms with Gasteiger partial charge in [0.15, 0.2) is 0 Å². The number of aryl methyl sites for hydroxylation is 2. The minimum absolute atomic E-state index is 0.132. The van der Waals surface area contributed by atoms with Gasteiger partial charge < -0.3 is 13.8 Å². The lowest BCUT2D eigenvalue weighted by molar-refractivity contribution is 0.431. The summed E-state index contributed by atoms with van der Waals surface area (Å²) in [6.45, 7) is 4.06. The Morgan fingerprint density at radius 1 is 0.881 bits per heavy atom. The maximum absolute atomic E-state index is 12.9. The normalized spacial score (nSPS) is 19.2. The van der Waals surface area contributed by atoms with Gasteiger partial charge in [-0.05, 0) is 68.4 Å². The molecule has 1 atom stereocenters. The van der Waals surface area contributed by atoms with Crippen molar-refractivity contribution in [2.24, 2.45) is 0 Å². The number of benzene rings is 3. The van der Waals surface area contributed by atoms with Gasteiger partial charge in [0.25, 0.3) is 10.1 Å². The Kier molecular flexibility index (Phi) is 6.05. The molecule has 11 heteroatoms. The van der Waals surface area contributed by atoms with Crippen LogP contribution in [0.15, 0.2) is 35.2 Å². The van der Waals surface area contributed by atoms with Crippen molar-refractivity contribution in [1.29, 1.82) is 0 Å². The van der Waals surface area contributed by atoms with Gasteiger partial charge in [0.1, 0.15) is 35.2 Å². The Bertz CT molecular complexity index is 1960. The first-order valence-corrected chi connectivity index (χ1v) is 17.1. The van der Waals surface area contributed by atoms with Crippen LogP contribution in [0.5, 0.6) is 17.2 Å². The van der Waals surface area contributed by atoms with Crippen molar-refractivity contribution in [3.05, 3.63) is 74.3 Å². The second-order valence-electron chi connectivity index (χ2n) is 11.8. The molecule has 0 spiro atoms. The van der Waals surface area contributed by atoms with E-state index in [1.165, 1.54) is 39.4 Å². The summed E-state index contributed by atoms with van der Waals surface area (Å²) in [6, 6.07) is 8.46. The zero-order valence-corrected chi connectivity index (χ0v) is 24.7. The second kappa shape index (κ2) is 9.63. The van der Waals surface area contributed by atoms with Crippen molar-refractivity contribution in [3.8, 4) is 17.2 Å². The van der Waals surface area contributed by atoms with E-state index in [0.717, 1.165) is 106 Å². The van der Waals surface area contributed by atoms with Gasteiger partial charge in [0, 0.05) is 70.7 Å². The van der Waals surface area contributed by atoms with Gasteiger partial charge >= 0.3 is 11.4 Å². The van der Waals surface area contributed by atoms with Crippen molar-refractivity contribution in [2.45, 2.75) is 56.3 Å². The highest BCUT2D eigenvalue weighted by Gasteiger charge is 2.36. The molecule has 0 fully saturated rings. The Morgan fingerprint density at radius 3 is 2.40 bits per heavy atom. The van der Waals surface area contributed by atoms with Crippen molar-refractivity contribution in [1.82, 2.24) is 4.58 Å². The van der Waals surface area contributed by atoms with Gasteiger partial charge in [-0.2, -0.15) is 12.6 Å². The molecule has 42 heavy (non-hydrogen) atoms. The lowest BCUT2D eigenvalue weighted by Gasteiger charge is -2.39. The third-order valence-corrected chi connectivity index (χ3v) is 10.6. The maximum Gasteiger partial charge on any atom is 0.357 e. The summed E-state index contributed by atoms with van der Waals surface area (Å²) in [5, 5.41) is 2.08. The van der Waals surface area contributed by atoms with Crippen LogP contribution in [0.3, 0.4) is 0 Å². The van der Waals surface area contributed by atoms with Crippen LogP contribution in [0.1, 0.15) is 59.1 Å². The Morgan fingerprint density at radius 2 is 1.62 bits per heavy atom. The molecule has 0 saturated carbocycles. The SMILES string of the molecule is O=S(O)Oc1ccc(C2=c3cc4c5c(c3Oc3c2cc2c6c3CCCN6CCC2)CCC[N+]=5CCC4)c(S(=O)(=O)O)c1. The fourth-order valence-electron chi connectivity index (χ4n) is 7.86. The molecule has 0 radical (unpaired) electrons. The number of nitrogens with zero attached hydrogens (tertiary/aromatic N) is 2. The molecule has 0 aromatic heterocycles.